The lowest BCUT2D eigenvalue weighted by Crippen LogP contribution is -2.31. The average molecular weight is 570 g/mol. The molecule has 2 aliphatic carbocycles. The highest BCUT2D eigenvalue weighted by molar-refractivity contribution is 6.07. The maximum absolute atomic E-state index is 4.92. The summed E-state index contributed by atoms with van der Waals surface area (Å²) in [5.74, 6) is 0. The number of fused-ring (bicyclic) bond motifs is 10. The first-order valence-electron chi connectivity index (χ1n) is 15.6. The zero-order chi connectivity index (χ0) is 29.5. The van der Waals surface area contributed by atoms with Crippen molar-refractivity contribution in [3.63, 3.8) is 0 Å². The molecule has 1 unspecified atom stereocenters. The van der Waals surface area contributed by atoms with Gasteiger partial charge in [0.05, 0.1) is 16.6 Å². The molecule has 45 heavy (non-hydrogen) atoms. The molecule has 1 aromatic heterocycles. The van der Waals surface area contributed by atoms with Crippen LogP contribution in [0, 0.1) is 0 Å². The molecule has 0 amide bonds. The lowest BCUT2D eigenvalue weighted by atomic mass is 9.61. The number of rotatable bonds is 2. The minimum absolute atomic E-state index is 0.374. The smallest absolute Gasteiger partial charge is 0.0725 e. The largest absolute Gasteiger partial charge is 0.248 e. The summed E-state index contributed by atoms with van der Waals surface area (Å²) < 4.78 is 0. The number of para-hydroxylation sites is 1. The Hall–Kier alpha value is -5.79. The van der Waals surface area contributed by atoms with E-state index in [1.54, 1.807) is 0 Å². The van der Waals surface area contributed by atoms with Crippen molar-refractivity contribution < 1.29 is 0 Å². The monoisotopic (exact) mass is 569 g/mol. The molecule has 0 saturated heterocycles. The van der Waals surface area contributed by atoms with Crippen LogP contribution in [-0.2, 0) is 5.41 Å². The first-order valence-corrected chi connectivity index (χ1v) is 15.6. The summed E-state index contributed by atoms with van der Waals surface area (Å²) in [5.41, 5.74) is 15.9. The predicted octanol–water partition coefficient (Wildman–Crippen LogP) is 11.1. The fraction of sp³-hybridized carbons (Fsp3) is 0.0227. The van der Waals surface area contributed by atoms with E-state index in [1.807, 2.05) is 6.07 Å². The van der Waals surface area contributed by atoms with Crippen LogP contribution in [0.1, 0.15) is 22.3 Å². The molecule has 0 saturated carbocycles. The molecule has 7 aromatic carbocycles. The third-order valence-electron chi connectivity index (χ3n) is 10.1. The van der Waals surface area contributed by atoms with Gasteiger partial charge in [-0.05, 0) is 84.6 Å². The van der Waals surface area contributed by atoms with Crippen LogP contribution < -0.4 is 0 Å². The number of pyridine rings is 1. The average Bonchev–Trinajstić information content (AvgIpc) is 3.40. The van der Waals surface area contributed by atoms with Crippen molar-refractivity contribution in [3.8, 4) is 44.6 Å². The number of nitrogens with zero attached hydrogens (tertiary/aromatic N) is 1. The summed E-state index contributed by atoms with van der Waals surface area (Å²) in [7, 11) is 0. The van der Waals surface area contributed by atoms with Crippen molar-refractivity contribution >= 4 is 21.7 Å². The second kappa shape index (κ2) is 9.11. The quantitative estimate of drug-likeness (QED) is 0.202. The molecule has 0 bridgehead atoms. The van der Waals surface area contributed by atoms with Crippen LogP contribution in [0.3, 0.4) is 0 Å². The summed E-state index contributed by atoms with van der Waals surface area (Å²) in [6.07, 6.45) is 0. The highest BCUT2D eigenvalue weighted by Crippen LogP contribution is 2.62. The third-order valence-corrected chi connectivity index (χ3v) is 10.1. The lowest BCUT2D eigenvalue weighted by molar-refractivity contribution is 0.773. The Morgan fingerprint density at radius 3 is 1.76 bits per heavy atom. The number of aromatic nitrogens is 1. The van der Waals surface area contributed by atoms with E-state index >= 15 is 0 Å². The van der Waals surface area contributed by atoms with E-state index in [-0.39, 0.29) is 5.41 Å². The highest BCUT2D eigenvalue weighted by atomic mass is 14.7. The number of hydrogen-bond acceptors (Lipinski definition) is 1. The van der Waals surface area contributed by atoms with Crippen molar-refractivity contribution in [3.05, 3.63) is 186 Å². The Balaban J connectivity index is 1.17. The van der Waals surface area contributed by atoms with Gasteiger partial charge in [-0.15, -0.1) is 0 Å². The highest BCUT2D eigenvalue weighted by Gasteiger charge is 2.49. The number of hydrogen-bond donors (Lipinski definition) is 0. The Bertz CT molecular complexity index is 2480. The van der Waals surface area contributed by atoms with Gasteiger partial charge in [0.1, 0.15) is 0 Å². The zero-order valence-corrected chi connectivity index (χ0v) is 24.5. The fourth-order valence-corrected chi connectivity index (χ4v) is 8.17. The molecule has 2 aliphatic rings. The first-order chi connectivity index (χ1) is 22.3. The van der Waals surface area contributed by atoms with E-state index in [0.717, 1.165) is 22.2 Å². The van der Waals surface area contributed by atoms with Gasteiger partial charge in [-0.1, -0.05) is 146 Å². The summed E-state index contributed by atoms with van der Waals surface area (Å²) in [5, 5.41) is 3.82. The Kier molecular flexibility index (Phi) is 4.99. The van der Waals surface area contributed by atoms with Gasteiger partial charge >= 0.3 is 0 Å². The molecular weight excluding hydrogens is 542 g/mol. The van der Waals surface area contributed by atoms with E-state index in [1.165, 1.54) is 66.4 Å². The van der Waals surface area contributed by atoms with E-state index in [2.05, 4.69) is 158 Å². The first kappa shape index (κ1) is 24.6. The molecule has 208 valence electrons. The van der Waals surface area contributed by atoms with Crippen LogP contribution in [0.15, 0.2) is 164 Å². The van der Waals surface area contributed by atoms with Crippen molar-refractivity contribution in [2.24, 2.45) is 0 Å². The molecule has 10 rings (SSSR count). The maximum atomic E-state index is 4.92. The number of benzene rings is 7. The van der Waals surface area contributed by atoms with Gasteiger partial charge in [0, 0.05) is 10.9 Å². The van der Waals surface area contributed by atoms with E-state index in [9.17, 15) is 0 Å². The van der Waals surface area contributed by atoms with Gasteiger partial charge in [-0.2, -0.15) is 0 Å². The van der Waals surface area contributed by atoms with E-state index in [0.29, 0.717) is 0 Å². The van der Waals surface area contributed by atoms with Gasteiger partial charge in [0.15, 0.2) is 0 Å². The molecule has 1 spiro atoms. The van der Waals surface area contributed by atoms with Crippen LogP contribution in [-0.4, -0.2) is 4.98 Å². The second-order valence-corrected chi connectivity index (χ2v) is 12.3. The van der Waals surface area contributed by atoms with E-state index < -0.39 is 0 Å². The SMILES string of the molecule is c1ccc2c(c1)-c1cc(-c3ccc(-c4ccc5ccccc5n4)cc3)ccc1C21c2ccccc2-c2cccc3cccc1c23. The van der Waals surface area contributed by atoms with Crippen molar-refractivity contribution in [1.29, 1.82) is 0 Å². The fourth-order valence-electron chi connectivity index (χ4n) is 8.17. The Labute approximate surface area is 262 Å². The van der Waals surface area contributed by atoms with E-state index in [4.69, 9.17) is 4.98 Å². The van der Waals surface area contributed by atoms with Crippen LogP contribution in [0.5, 0.6) is 0 Å². The maximum Gasteiger partial charge on any atom is 0.0725 e. The molecule has 1 atom stereocenters. The Morgan fingerprint density at radius 1 is 0.356 bits per heavy atom. The molecule has 1 nitrogen and oxygen atoms in total. The normalized spacial score (nSPS) is 15.6. The summed E-state index contributed by atoms with van der Waals surface area (Å²) in [4.78, 5) is 4.92. The van der Waals surface area contributed by atoms with Crippen LogP contribution >= 0.6 is 0 Å². The van der Waals surface area contributed by atoms with Gasteiger partial charge in [0.2, 0.25) is 0 Å². The van der Waals surface area contributed by atoms with Gasteiger partial charge < -0.3 is 0 Å². The molecule has 0 fully saturated rings. The van der Waals surface area contributed by atoms with Gasteiger partial charge in [-0.3, -0.25) is 0 Å². The van der Waals surface area contributed by atoms with Gasteiger partial charge in [-0.25, -0.2) is 4.98 Å². The molecule has 0 radical (unpaired) electrons. The minimum Gasteiger partial charge on any atom is -0.248 e. The molecule has 1 heteroatoms. The topological polar surface area (TPSA) is 12.9 Å². The lowest BCUT2D eigenvalue weighted by Gasteiger charge is -2.40. The summed E-state index contributed by atoms with van der Waals surface area (Å²) in [6.45, 7) is 0. The van der Waals surface area contributed by atoms with Crippen LogP contribution in [0.2, 0.25) is 0 Å². The molecular formula is C44H27N. The standard InChI is InChI=1S/C44H27N/c1-6-18-41-29(9-1)24-26-42(45-41)30-21-19-28(20-22-30)32-23-25-39-36(27-32)34-13-3-5-16-38(34)44(39)37-15-4-2-12-33(37)35-14-7-10-31-11-8-17-40(44)43(31)35/h1-27H. The third kappa shape index (κ3) is 3.30. The van der Waals surface area contributed by atoms with Crippen molar-refractivity contribution in [2.45, 2.75) is 5.41 Å². The predicted molar refractivity (Wildman–Crippen MR) is 186 cm³/mol. The molecule has 1 heterocycles. The minimum atomic E-state index is -0.374. The van der Waals surface area contributed by atoms with Crippen molar-refractivity contribution in [1.82, 2.24) is 4.98 Å². The van der Waals surface area contributed by atoms with Crippen LogP contribution in [0.25, 0.3) is 66.3 Å². The second-order valence-electron chi connectivity index (χ2n) is 12.3. The molecule has 8 aromatic rings. The van der Waals surface area contributed by atoms with Crippen LogP contribution in [0.4, 0.5) is 0 Å². The Morgan fingerprint density at radius 2 is 0.933 bits per heavy atom. The molecule has 0 aliphatic heterocycles. The van der Waals surface area contributed by atoms with Crippen molar-refractivity contribution in [2.75, 3.05) is 0 Å². The van der Waals surface area contributed by atoms with Gasteiger partial charge in [0.25, 0.3) is 0 Å². The molecule has 0 N–H and O–H groups in total. The summed E-state index contributed by atoms with van der Waals surface area (Å²) in [6, 6.07) is 60.2. The summed E-state index contributed by atoms with van der Waals surface area (Å²) >= 11 is 0. The zero-order valence-electron chi connectivity index (χ0n) is 24.5.